The predicted molar refractivity (Wildman–Crippen MR) is 136 cm³/mol. The molecule has 0 spiro atoms. The van der Waals surface area contributed by atoms with Crippen LogP contribution in [-0.2, 0) is 24.0 Å². The third-order valence-corrected chi connectivity index (χ3v) is 6.03. The molecule has 1 aliphatic rings. The van der Waals surface area contributed by atoms with Crippen LogP contribution in [0.3, 0.4) is 0 Å². The molecule has 0 unspecified atom stereocenters. The van der Waals surface area contributed by atoms with E-state index in [1.54, 1.807) is 65.2 Å². The standard InChI is InChI=1S/C27H36N4O5/c1-7-8-10-15-21(32)28-20(19-13-11-9-12-14-19)16-22(33)29-24(17(2)3)25(34)23-18(4)26(35)31(27(23)36)30(5)6/h7-15,17-18,20,23-24H,16H2,1-6H3,(H,28,32)(H,29,33)/b8-7+,15-10+/t18-,20-,23+,24-/m0/s1. The summed E-state index contributed by atoms with van der Waals surface area (Å²) in [4.78, 5) is 64.3. The molecule has 1 aromatic carbocycles. The molecule has 0 aliphatic carbocycles. The number of nitrogens with one attached hydrogen (secondary N) is 2. The number of imide groups is 1. The summed E-state index contributed by atoms with van der Waals surface area (Å²) in [6.07, 6.45) is 6.37. The van der Waals surface area contributed by atoms with Crippen molar-refractivity contribution in [1.29, 1.82) is 0 Å². The number of amides is 4. The van der Waals surface area contributed by atoms with Crippen molar-refractivity contribution in [3.8, 4) is 0 Å². The van der Waals surface area contributed by atoms with Crippen LogP contribution in [0.2, 0.25) is 0 Å². The molecule has 0 radical (unpaired) electrons. The Morgan fingerprint density at radius 3 is 2.19 bits per heavy atom. The molecule has 2 N–H and O–H groups in total. The molecule has 1 saturated heterocycles. The number of nitrogens with zero attached hydrogens (tertiary/aromatic N) is 2. The number of hydrogen-bond acceptors (Lipinski definition) is 6. The fraction of sp³-hybridized carbons (Fsp3) is 0.444. The van der Waals surface area contributed by atoms with Crippen LogP contribution in [0.4, 0.5) is 0 Å². The number of carbonyl (C=O) groups is 5. The van der Waals surface area contributed by atoms with Gasteiger partial charge < -0.3 is 10.6 Å². The minimum absolute atomic E-state index is 0.110. The zero-order chi connectivity index (χ0) is 27.0. The first kappa shape index (κ1) is 28.6. The molecule has 9 nitrogen and oxygen atoms in total. The van der Waals surface area contributed by atoms with Crippen LogP contribution in [0.5, 0.6) is 0 Å². The van der Waals surface area contributed by atoms with Gasteiger partial charge in [0.25, 0.3) is 5.91 Å². The van der Waals surface area contributed by atoms with E-state index >= 15 is 0 Å². The number of hydrazine groups is 1. The first-order chi connectivity index (χ1) is 17.0. The SMILES string of the molecule is C/C=C/C=C/C(=O)N[C@@H](CC(=O)N[C@H](C(=O)[C@@H]1C(=O)N(N(C)C)C(=O)[C@H]1C)C(C)C)c1ccccc1. The highest BCUT2D eigenvalue weighted by Gasteiger charge is 2.51. The third-order valence-electron chi connectivity index (χ3n) is 6.03. The Balaban J connectivity index is 2.21. The van der Waals surface area contributed by atoms with Crippen molar-refractivity contribution in [2.45, 2.75) is 46.2 Å². The van der Waals surface area contributed by atoms with E-state index in [4.69, 9.17) is 0 Å². The van der Waals surface area contributed by atoms with Gasteiger partial charge in [-0.2, -0.15) is 0 Å². The van der Waals surface area contributed by atoms with Crippen LogP contribution in [0.25, 0.3) is 0 Å². The van der Waals surface area contributed by atoms with E-state index in [1.165, 1.54) is 11.1 Å². The van der Waals surface area contributed by atoms with Crippen LogP contribution in [0.15, 0.2) is 54.6 Å². The molecule has 4 amide bonds. The Hall–Kier alpha value is -3.59. The average Bonchev–Trinajstić information content (AvgIpc) is 3.05. The van der Waals surface area contributed by atoms with Crippen LogP contribution in [0.1, 0.15) is 45.7 Å². The normalized spacial score (nSPS) is 19.9. The van der Waals surface area contributed by atoms with E-state index in [1.807, 2.05) is 25.1 Å². The maximum absolute atomic E-state index is 13.4. The number of benzene rings is 1. The summed E-state index contributed by atoms with van der Waals surface area (Å²) in [5.74, 6) is -4.68. The van der Waals surface area contributed by atoms with Crippen LogP contribution < -0.4 is 10.6 Å². The van der Waals surface area contributed by atoms with Gasteiger partial charge in [-0.25, -0.2) is 10.0 Å². The number of carbonyl (C=O) groups excluding carboxylic acids is 5. The predicted octanol–water partition coefficient (Wildman–Crippen LogP) is 2.17. The van der Waals surface area contributed by atoms with E-state index < -0.39 is 47.4 Å². The van der Waals surface area contributed by atoms with Crippen LogP contribution in [0, 0.1) is 17.8 Å². The van der Waals surface area contributed by atoms with E-state index in [0.29, 0.717) is 0 Å². The van der Waals surface area contributed by atoms with Crippen molar-refractivity contribution >= 4 is 29.4 Å². The lowest BCUT2D eigenvalue weighted by molar-refractivity contribution is -0.155. The van der Waals surface area contributed by atoms with Gasteiger partial charge in [0.05, 0.1) is 24.4 Å². The van der Waals surface area contributed by atoms with Crippen LogP contribution >= 0.6 is 0 Å². The molecular formula is C27H36N4O5. The fourth-order valence-corrected chi connectivity index (χ4v) is 4.14. The molecule has 0 bridgehead atoms. The Kier molecular flexibility index (Phi) is 10.3. The van der Waals surface area contributed by atoms with Gasteiger partial charge in [0.15, 0.2) is 5.78 Å². The summed E-state index contributed by atoms with van der Waals surface area (Å²) in [5.41, 5.74) is 0.736. The van der Waals surface area contributed by atoms with Crippen molar-refractivity contribution in [3.05, 3.63) is 60.2 Å². The summed E-state index contributed by atoms with van der Waals surface area (Å²) in [7, 11) is 3.12. The molecule has 0 aromatic heterocycles. The fourth-order valence-electron chi connectivity index (χ4n) is 4.14. The monoisotopic (exact) mass is 496 g/mol. The van der Waals surface area contributed by atoms with Gasteiger partial charge in [-0.3, -0.25) is 24.0 Å². The van der Waals surface area contributed by atoms with Gasteiger partial charge in [-0.1, -0.05) is 69.3 Å². The lowest BCUT2D eigenvalue weighted by Crippen LogP contribution is -2.50. The zero-order valence-corrected chi connectivity index (χ0v) is 21.7. The van der Waals surface area contributed by atoms with E-state index in [-0.39, 0.29) is 18.2 Å². The summed E-state index contributed by atoms with van der Waals surface area (Å²) < 4.78 is 0. The maximum atomic E-state index is 13.4. The van der Waals surface area contributed by atoms with Gasteiger partial charge >= 0.3 is 0 Å². The Morgan fingerprint density at radius 2 is 1.67 bits per heavy atom. The minimum atomic E-state index is -1.17. The number of ketones is 1. The quantitative estimate of drug-likeness (QED) is 0.210. The van der Waals surface area contributed by atoms with Crippen molar-refractivity contribution < 1.29 is 24.0 Å². The molecule has 1 aromatic rings. The largest absolute Gasteiger partial charge is 0.346 e. The van der Waals surface area contributed by atoms with E-state index in [0.717, 1.165) is 10.6 Å². The summed E-state index contributed by atoms with van der Waals surface area (Å²) in [6.45, 7) is 6.91. The van der Waals surface area contributed by atoms with Gasteiger partial charge in [-0.15, -0.1) is 0 Å². The second-order valence-corrected chi connectivity index (χ2v) is 9.35. The molecular weight excluding hydrogens is 460 g/mol. The van der Waals surface area contributed by atoms with Gasteiger partial charge in [0.1, 0.15) is 5.92 Å². The van der Waals surface area contributed by atoms with E-state index in [9.17, 15) is 24.0 Å². The Labute approximate surface area is 212 Å². The van der Waals surface area contributed by atoms with Gasteiger partial charge in [0.2, 0.25) is 17.7 Å². The van der Waals surface area contributed by atoms with Crippen molar-refractivity contribution in [1.82, 2.24) is 20.7 Å². The lowest BCUT2D eigenvalue weighted by atomic mass is 9.85. The number of allylic oxidation sites excluding steroid dienone is 3. The molecule has 1 fully saturated rings. The van der Waals surface area contributed by atoms with Crippen molar-refractivity contribution in [3.63, 3.8) is 0 Å². The molecule has 1 heterocycles. The Morgan fingerprint density at radius 1 is 1.03 bits per heavy atom. The van der Waals surface area contributed by atoms with Gasteiger partial charge in [0, 0.05) is 20.2 Å². The summed E-state index contributed by atoms with van der Waals surface area (Å²) in [5, 5.41) is 7.91. The smallest absolute Gasteiger partial charge is 0.255 e. The molecule has 36 heavy (non-hydrogen) atoms. The summed E-state index contributed by atoms with van der Waals surface area (Å²) in [6, 6.07) is 7.46. The van der Waals surface area contributed by atoms with Gasteiger partial charge in [-0.05, 0) is 18.4 Å². The first-order valence-corrected chi connectivity index (χ1v) is 12.0. The number of Topliss-reactive ketones (excluding diaryl/α,β-unsaturated/α-hetero) is 1. The molecule has 9 heteroatoms. The number of rotatable bonds is 11. The topological polar surface area (TPSA) is 116 Å². The summed E-state index contributed by atoms with van der Waals surface area (Å²) >= 11 is 0. The third kappa shape index (κ3) is 6.97. The maximum Gasteiger partial charge on any atom is 0.255 e. The van der Waals surface area contributed by atoms with Crippen molar-refractivity contribution in [2.75, 3.05) is 14.1 Å². The Bertz CT molecular complexity index is 1030. The second-order valence-electron chi connectivity index (χ2n) is 9.35. The molecule has 2 rings (SSSR count). The molecule has 4 atom stereocenters. The number of hydrogen-bond donors (Lipinski definition) is 2. The lowest BCUT2D eigenvalue weighted by Gasteiger charge is -2.26. The highest BCUT2D eigenvalue weighted by molar-refractivity contribution is 6.16. The van der Waals surface area contributed by atoms with E-state index in [2.05, 4.69) is 10.6 Å². The first-order valence-electron chi connectivity index (χ1n) is 12.0. The molecule has 1 aliphatic heterocycles. The zero-order valence-electron chi connectivity index (χ0n) is 21.7. The highest BCUT2D eigenvalue weighted by atomic mass is 16.2. The van der Waals surface area contributed by atoms with Crippen LogP contribution in [-0.4, -0.2) is 59.6 Å². The average molecular weight is 497 g/mol. The minimum Gasteiger partial charge on any atom is -0.346 e. The second kappa shape index (κ2) is 12.9. The van der Waals surface area contributed by atoms with Crippen molar-refractivity contribution in [2.24, 2.45) is 17.8 Å². The molecule has 0 saturated carbocycles. The molecule has 194 valence electrons. The highest BCUT2D eigenvalue weighted by Crippen LogP contribution is 2.29.